The lowest BCUT2D eigenvalue weighted by Gasteiger charge is -2.08. The Morgan fingerprint density at radius 2 is 1.36 bits per heavy atom. The summed E-state index contributed by atoms with van der Waals surface area (Å²) in [5.41, 5.74) is 0. The average molecular weight is 181 g/mol. The monoisotopic (exact) mass is 181 g/mol. The van der Waals surface area contributed by atoms with Crippen molar-refractivity contribution in [3.63, 3.8) is 0 Å². The van der Waals surface area contributed by atoms with Crippen LogP contribution in [0.15, 0.2) is 0 Å². The molecule has 0 saturated heterocycles. The standard InChI is InChI=1S/C8H16F2P/c1-3-5-7(9)11-8(10)6-4-2/h7-8H,3-6H2,1-2H3. The molecule has 0 fully saturated rings. The van der Waals surface area contributed by atoms with Crippen LogP contribution < -0.4 is 0 Å². The van der Waals surface area contributed by atoms with Crippen molar-refractivity contribution in [2.45, 2.75) is 51.4 Å². The maximum atomic E-state index is 12.7. The molecule has 2 atom stereocenters. The molecule has 0 rings (SSSR count). The first-order valence-electron chi connectivity index (χ1n) is 4.18. The first-order valence-corrected chi connectivity index (χ1v) is 5.22. The van der Waals surface area contributed by atoms with E-state index in [2.05, 4.69) is 0 Å². The number of alkyl halides is 2. The van der Waals surface area contributed by atoms with E-state index in [4.69, 9.17) is 0 Å². The first-order chi connectivity index (χ1) is 5.20. The van der Waals surface area contributed by atoms with Crippen LogP contribution in [0, 0.1) is 0 Å². The molecule has 0 N–H and O–H groups in total. The van der Waals surface area contributed by atoms with Crippen molar-refractivity contribution >= 4 is 8.58 Å². The van der Waals surface area contributed by atoms with Gasteiger partial charge in [-0.25, -0.2) is 8.78 Å². The van der Waals surface area contributed by atoms with Crippen LogP contribution in [0.3, 0.4) is 0 Å². The highest BCUT2D eigenvalue weighted by Gasteiger charge is 2.13. The molecule has 0 saturated carbocycles. The van der Waals surface area contributed by atoms with Crippen molar-refractivity contribution in [2.24, 2.45) is 0 Å². The van der Waals surface area contributed by atoms with E-state index in [1.165, 1.54) is 0 Å². The van der Waals surface area contributed by atoms with Crippen LogP contribution in [-0.4, -0.2) is 11.8 Å². The Balaban J connectivity index is 3.32. The molecule has 0 aromatic carbocycles. The summed E-state index contributed by atoms with van der Waals surface area (Å²) in [4.78, 5) is 0. The van der Waals surface area contributed by atoms with Crippen LogP contribution in [0.4, 0.5) is 8.78 Å². The van der Waals surface area contributed by atoms with Gasteiger partial charge in [0.25, 0.3) is 0 Å². The van der Waals surface area contributed by atoms with E-state index in [0.29, 0.717) is 21.4 Å². The summed E-state index contributed by atoms with van der Waals surface area (Å²) in [6, 6.07) is 0. The fourth-order valence-corrected chi connectivity index (χ4v) is 1.97. The summed E-state index contributed by atoms with van der Waals surface area (Å²) in [6.45, 7) is 3.82. The number of hydrogen-bond donors (Lipinski definition) is 0. The molecule has 0 aliphatic rings. The van der Waals surface area contributed by atoms with Crippen molar-refractivity contribution in [2.75, 3.05) is 0 Å². The second-order valence-corrected chi connectivity index (χ2v) is 4.01. The van der Waals surface area contributed by atoms with E-state index in [0.717, 1.165) is 12.8 Å². The van der Waals surface area contributed by atoms with E-state index >= 15 is 0 Å². The molecule has 0 aliphatic carbocycles. The van der Waals surface area contributed by atoms with Crippen LogP contribution in [0.1, 0.15) is 39.5 Å². The molecule has 67 valence electrons. The van der Waals surface area contributed by atoms with Gasteiger partial charge >= 0.3 is 0 Å². The Bertz CT molecular complexity index is 78.2. The van der Waals surface area contributed by atoms with Gasteiger partial charge in [0.05, 0.1) is 0 Å². The van der Waals surface area contributed by atoms with Crippen molar-refractivity contribution in [1.82, 2.24) is 0 Å². The molecule has 0 bridgehead atoms. The van der Waals surface area contributed by atoms with Gasteiger partial charge in [-0.15, -0.1) is 0 Å². The summed E-state index contributed by atoms with van der Waals surface area (Å²) < 4.78 is 25.4. The van der Waals surface area contributed by atoms with Crippen LogP contribution in [-0.2, 0) is 0 Å². The molecule has 0 heterocycles. The van der Waals surface area contributed by atoms with Gasteiger partial charge in [0.15, 0.2) is 0 Å². The Kier molecular flexibility index (Phi) is 7.15. The Hall–Kier alpha value is 0.290. The Labute approximate surface area is 69.5 Å². The highest BCUT2D eigenvalue weighted by Crippen LogP contribution is 2.33. The molecule has 0 aliphatic heterocycles. The molecule has 0 nitrogen and oxygen atoms in total. The van der Waals surface area contributed by atoms with Gasteiger partial charge in [-0.1, -0.05) is 26.7 Å². The first kappa shape index (κ1) is 11.3. The van der Waals surface area contributed by atoms with E-state index in [9.17, 15) is 8.78 Å². The van der Waals surface area contributed by atoms with Gasteiger partial charge < -0.3 is 0 Å². The molecule has 0 aromatic rings. The smallest absolute Gasteiger partial charge is 0.126 e. The molecule has 2 unspecified atom stereocenters. The van der Waals surface area contributed by atoms with Crippen molar-refractivity contribution in [3.05, 3.63) is 0 Å². The van der Waals surface area contributed by atoms with Crippen LogP contribution in [0.25, 0.3) is 0 Å². The predicted molar refractivity (Wildman–Crippen MR) is 46.5 cm³/mol. The van der Waals surface area contributed by atoms with Crippen molar-refractivity contribution in [1.29, 1.82) is 0 Å². The Morgan fingerprint density at radius 1 is 1.00 bits per heavy atom. The fraction of sp³-hybridized carbons (Fsp3) is 1.00. The van der Waals surface area contributed by atoms with Gasteiger partial charge in [-0.05, 0) is 21.4 Å². The van der Waals surface area contributed by atoms with Crippen LogP contribution in [0.5, 0.6) is 0 Å². The molecule has 11 heavy (non-hydrogen) atoms. The molecule has 1 radical (unpaired) electrons. The molecule has 0 amide bonds. The van der Waals surface area contributed by atoms with Crippen LogP contribution in [0.2, 0.25) is 0 Å². The summed E-state index contributed by atoms with van der Waals surface area (Å²) in [7, 11) is 0.338. The lowest BCUT2D eigenvalue weighted by Crippen LogP contribution is -1.98. The quantitative estimate of drug-likeness (QED) is 0.540. The van der Waals surface area contributed by atoms with Crippen molar-refractivity contribution < 1.29 is 8.78 Å². The predicted octanol–water partition coefficient (Wildman–Crippen LogP) is 4.12. The normalized spacial score (nSPS) is 17.5. The van der Waals surface area contributed by atoms with Gasteiger partial charge in [0, 0.05) is 0 Å². The molecule has 0 spiro atoms. The zero-order valence-electron chi connectivity index (χ0n) is 7.19. The number of rotatable bonds is 6. The van der Waals surface area contributed by atoms with E-state index in [1.54, 1.807) is 0 Å². The zero-order chi connectivity index (χ0) is 8.69. The molecular weight excluding hydrogens is 165 g/mol. The van der Waals surface area contributed by atoms with E-state index < -0.39 is 11.8 Å². The third-order valence-corrected chi connectivity index (χ3v) is 2.54. The largest absolute Gasteiger partial charge is 0.242 e. The SMILES string of the molecule is CCCC(F)[P]C(F)CCC. The minimum absolute atomic E-state index is 0.338. The highest BCUT2D eigenvalue weighted by atomic mass is 31.1. The molecular formula is C8H16F2P. The maximum absolute atomic E-state index is 12.7. The topological polar surface area (TPSA) is 0 Å². The summed E-state index contributed by atoms with van der Waals surface area (Å²) in [5.74, 6) is -1.91. The van der Waals surface area contributed by atoms with E-state index in [-0.39, 0.29) is 0 Å². The van der Waals surface area contributed by atoms with Gasteiger partial charge in [0.2, 0.25) is 0 Å². The highest BCUT2D eigenvalue weighted by molar-refractivity contribution is 7.39. The van der Waals surface area contributed by atoms with E-state index in [1.807, 2.05) is 13.8 Å². The Morgan fingerprint density at radius 3 is 1.64 bits per heavy atom. The second-order valence-electron chi connectivity index (χ2n) is 2.60. The minimum Gasteiger partial charge on any atom is -0.242 e. The van der Waals surface area contributed by atoms with Crippen LogP contribution >= 0.6 is 8.58 Å². The van der Waals surface area contributed by atoms with Gasteiger partial charge in [-0.2, -0.15) is 0 Å². The number of hydrogen-bond acceptors (Lipinski definition) is 0. The van der Waals surface area contributed by atoms with Gasteiger partial charge in [-0.3, -0.25) is 0 Å². The molecule has 0 aromatic heterocycles. The van der Waals surface area contributed by atoms with Gasteiger partial charge in [0.1, 0.15) is 11.8 Å². The fourth-order valence-electron chi connectivity index (χ4n) is 0.801. The summed E-state index contributed by atoms with van der Waals surface area (Å²) >= 11 is 0. The third-order valence-electron chi connectivity index (χ3n) is 1.38. The number of halogens is 2. The average Bonchev–Trinajstić information content (AvgIpc) is 1.87. The van der Waals surface area contributed by atoms with Crippen molar-refractivity contribution in [3.8, 4) is 0 Å². The lowest BCUT2D eigenvalue weighted by molar-refractivity contribution is 0.385. The third kappa shape index (κ3) is 6.68. The summed E-state index contributed by atoms with van der Waals surface area (Å²) in [6.07, 6.45) is 2.58. The zero-order valence-corrected chi connectivity index (χ0v) is 8.08. The maximum Gasteiger partial charge on any atom is 0.126 e. The minimum atomic E-state index is -0.957. The molecule has 3 heteroatoms. The second kappa shape index (κ2) is 6.97. The lowest BCUT2D eigenvalue weighted by atomic mass is 10.4. The summed E-state index contributed by atoms with van der Waals surface area (Å²) in [5, 5.41) is 0.